The Labute approximate surface area is 89.3 Å². The maximum atomic E-state index is 10.1. The van der Waals surface area contributed by atoms with E-state index >= 15 is 0 Å². The number of rotatable bonds is 3. The SMILES string of the molecule is C=CC(C)C(O)c1c[nH]c2ccccc12. The van der Waals surface area contributed by atoms with Gasteiger partial charge in [0.05, 0.1) is 6.10 Å². The van der Waals surface area contributed by atoms with Crippen molar-refractivity contribution in [3.05, 3.63) is 48.7 Å². The fourth-order valence-electron chi connectivity index (χ4n) is 1.75. The highest BCUT2D eigenvalue weighted by atomic mass is 16.3. The summed E-state index contributed by atoms with van der Waals surface area (Å²) in [4.78, 5) is 3.15. The number of H-pyrrole nitrogens is 1. The summed E-state index contributed by atoms with van der Waals surface area (Å²) < 4.78 is 0. The Kier molecular flexibility index (Phi) is 2.60. The molecule has 1 aromatic heterocycles. The van der Waals surface area contributed by atoms with Crippen LogP contribution in [0.3, 0.4) is 0 Å². The van der Waals surface area contributed by atoms with Crippen LogP contribution in [0, 0.1) is 5.92 Å². The minimum Gasteiger partial charge on any atom is -0.388 e. The molecule has 2 aromatic rings. The number of aromatic amines is 1. The molecule has 0 saturated carbocycles. The summed E-state index contributed by atoms with van der Waals surface area (Å²) in [6.45, 7) is 5.66. The van der Waals surface area contributed by atoms with Gasteiger partial charge in [-0.25, -0.2) is 0 Å². The van der Waals surface area contributed by atoms with Gasteiger partial charge in [-0.05, 0) is 6.07 Å². The van der Waals surface area contributed by atoms with Gasteiger partial charge in [-0.15, -0.1) is 6.58 Å². The smallest absolute Gasteiger partial charge is 0.0870 e. The zero-order chi connectivity index (χ0) is 10.8. The standard InChI is InChI=1S/C13H15NO/c1-3-9(2)13(15)11-8-14-12-7-5-4-6-10(11)12/h3-9,13-15H,1H2,2H3. The van der Waals surface area contributed by atoms with E-state index in [0.717, 1.165) is 16.5 Å². The molecule has 78 valence electrons. The van der Waals surface area contributed by atoms with Crippen molar-refractivity contribution < 1.29 is 5.11 Å². The van der Waals surface area contributed by atoms with Crippen LogP contribution in [0.4, 0.5) is 0 Å². The van der Waals surface area contributed by atoms with Crippen molar-refractivity contribution in [2.24, 2.45) is 5.92 Å². The van der Waals surface area contributed by atoms with E-state index in [4.69, 9.17) is 0 Å². The largest absolute Gasteiger partial charge is 0.388 e. The molecule has 0 spiro atoms. The molecule has 2 atom stereocenters. The Balaban J connectivity index is 2.48. The van der Waals surface area contributed by atoms with E-state index in [2.05, 4.69) is 11.6 Å². The van der Waals surface area contributed by atoms with Crippen LogP contribution in [0.15, 0.2) is 43.1 Å². The average Bonchev–Trinajstić information content (AvgIpc) is 2.70. The second-order valence-corrected chi connectivity index (χ2v) is 3.83. The molecule has 1 aromatic carbocycles. The van der Waals surface area contributed by atoms with Crippen molar-refractivity contribution in [1.29, 1.82) is 0 Å². The number of hydrogen-bond donors (Lipinski definition) is 2. The predicted octanol–water partition coefficient (Wildman–Crippen LogP) is 3.02. The third-order valence-corrected chi connectivity index (χ3v) is 2.81. The summed E-state index contributed by atoms with van der Waals surface area (Å²) in [7, 11) is 0. The first-order valence-electron chi connectivity index (χ1n) is 5.10. The van der Waals surface area contributed by atoms with Gasteiger partial charge in [0, 0.05) is 28.6 Å². The van der Waals surface area contributed by atoms with Crippen molar-refractivity contribution in [2.45, 2.75) is 13.0 Å². The first-order valence-corrected chi connectivity index (χ1v) is 5.10. The second-order valence-electron chi connectivity index (χ2n) is 3.83. The Bertz CT molecular complexity index is 472. The fraction of sp³-hybridized carbons (Fsp3) is 0.231. The quantitative estimate of drug-likeness (QED) is 0.736. The number of hydrogen-bond acceptors (Lipinski definition) is 1. The molecule has 2 nitrogen and oxygen atoms in total. The first kappa shape index (κ1) is 9.99. The molecule has 0 bridgehead atoms. The number of fused-ring (bicyclic) bond motifs is 1. The van der Waals surface area contributed by atoms with Crippen molar-refractivity contribution in [2.75, 3.05) is 0 Å². The molecule has 1 heterocycles. The molecule has 2 heteroatoms. The van der Waals surface area contributed by atoms with Gasteiger partial charge in [0.2, 0.25) is 0 Å². The van der Waals surface area contributed by atoms with Gasteiger partial charge in [0.15, 0.2) is 0 Å². The van der Waals surface area contributed by atoms with Gasteiger partial charge < -0.3 is 10.1 Å². The van der Waals surface area contributed by atoms with Gasteiger partial charge in [-0.3, -0.25) is 0 Å². The van der Waals surface area contributed by atoms with Crippen LogP contribution in [-0.2, 0) is 0 Å². The molecule has 0 fully saturated rings. The van der Waals surface area contributed by atoms with E-state index in [1.54, 1.807) is 6.08 Å². The number of para-hydroxylation sites is 1. The van der Waals surface area contributed by atoms with Crippen LogP contribution in [0.5, 0.6) is 0 Å². The summed E-state index contributed by atoms with van der Waals surface area (Å²) >= 11 is 0. The van der Waals surface area contributed by atoms with Crippen LogP contribution in [0.2, 0.25) is 0 Å². The van der Waals surface area contributed by atoms with Crippen LogP contribution in [0.1, 0.15) is 18.6 Å². The number of aliphatic hydroxyl groups excluding tert-OH is 1. The van der Waals surface area contributed by atoms with Crippen LogP contribution >= 0.6 is 0 Å². The number of aliphatic hydroxyl groups is 1. The molecule has 0 amide bonds. The molecule has 15 heavy (non-hydrogen) atoms. The van der Waals surface area contributed by atoms with E-state index < -0.39 is 6.10 Å². The molecule has 0 aliphatic rings. The lowest BCUT2D eigenvalue weighted by atomic mass is 9.97. The fourth-order valence-corrected chi connectivity index (χ4v) is 1.75. The molecular formula is C13H15NO. The summed E-state index contributed by atoms with van der Waals surface area (Å²) in [5.74, 6) is 0.0595. The third kappa shape index (κ3) is 1.68. The minimum absolute atomic E-state index is 0.0595. The monoisotopic (exact) mass is 201 g/mol. The lowest BCUT2D eigenvalue weighted by molar-refractivity contribution is 0.141. The maximum Gasteiger partial charge on any atom is 0.0870 e. The Hall–Kier alpha value is -1.54. The number of nitrogens with one attached hydrogen (secondary N) is 1. The van der Waals surface area contributed by atoms with Crippen molar-refractivity contribution in [3.8, 4) is 0 Å². The number of aromatic nitrogens is 1. The Morgan fingerprint density at radius 1 is 1.40 bits per heavy atom. The predicted molar refractivity (Wildman–Crippen MR) is 62.6 cm³/mol. The van der Waals surface area contributed by atoms with E-state index in [1.807, 2.05) is 37.4 Å². The summed E-state index contributed by atoms with van der Waals surface area (Å²) in [6.07, 6.45) is 3.15. The molecule has 0 saturated heterocycles. The summed E-state index contributed by atoms with van der Waals surface area (Å²) in [5.41, 5.74) is 2.00. The van der Waals surface area contributed by atoms with Gasteiger partial charge in [-0.1, -0.05) is 31.2 Å². The first-order chi connectivity index (χ1) is 7.24. The van der Waals surface area contributed by atoms with Gasteiger partial charge >= 0.3 is 0 Å². The Morgan fingerprint density at radius 2 is 2.13 bits per heavy atom. The van der Waals surface area contributed by atoms with Gasteiger partial charge in [0.25, 0.3) is 0 Å². The number of benzene rings is 1. The van der Waals surface area contributed by atoms with Crippen LogP contribution < -0.4 is 0 Å². The molecule has 0 radical (unpaired) electrons. The van der Waals surface area contributed by atoms with Crippen molar-refractivity contribution in [3.63, 3.8) is 0 Å². The van der Waals surface area contributed by atoms with E-state index in [0.29, 0.717) is 0 Å². The Morgan fingerprint density at radius 3 is 2.87 bits per heavy atom. The van der Waals surface area contributed by atoms with E-state index in [-0.39, 0.29) is 5.92 Å². The van der Waals surface area contributed by atoms with Gasteiger partial charge in [-0.2, -0.15) is 0 Å². The van der Waals surface area contributed by atoms with Crippen LogP contribution in [0.25, 0.3) is 10.9 Å². The average molecular weight is 201 g/mol. The molecule has 0 aliphatic heterocycles. The molecule has 2 unspecified atom stereocenters. The third-order valence-electron chi connectivity index (χ3n) is 2.81. The van der Waals surface area contributed by atoms with Crippen molar-refractivity contribution >= 4 is 10.9 Å². The maximum absolute atomic E-state index is 10.1. The lowest BCUT2D eigenvalue weighted by Gasteiger charge is -2.14. The summed E-state index contributed by atoms with van der Waals surface area (Å²) in [6, 6.07) is 7.97. The highest BCUT2D eigenvalue weighted by molar-refractivity contribution is 5.83. The zero-order valence-corrected chi connectivity index (χ0v) is 8.77. The highest BCUT2D eigenvalue weighted by Gasteiger charge is 2.16. The van der Waals surface area contributed by atoms with E-state index in [1.165, 1.54) is 0 Å². The summed E-state index contributed by atoms with van der Waals surface area (Å²) in [5, 5.41) is 11.2. The zero-order valence-electron chi connectivity index (χ0n) is 8.77. The van der Waals surface area contributed by atoms with E-state index in [9.17, 15) is 5.11 Å². The van der Waals surface area contributed by atoms with Gasteiger partial charge in [0.1, 0.15) is 0 Å². The molecular weight excluding hydrogens is 186 g/mol. The molecule has 2 rings (SSSR count). The van der Waals surface area contributed by atoms with Crippen molar-refractivity contribution in [1.82, 2.24) is 4.98 Å². The molecule has 0 aliphatic carbocycles. The minimum atomic E-state index is -0.487. The lowest BCUT2D eigenvalue weighted by Crippen LogP contribution is -2.05. The highest BCUT2D eigenvalue weighted by Crippen LogP contribution is 2.28. The molecule has 2 N–H and O–H groups in total. The normalized spacial score (nSPS) is 15.1. The second kappa shape index (κ2) is 3.91. The van der Waals surface area contributed by atoms with Crippen LogP contribution in [-0.4, -0.2) is 10.1 Å². The topological polar surface area (TPSA) is 36.0 Å².